The number of guanidine groups is 2. The van der Waals surface area contributed by atoms with E-state index in [4.69, 9.17) is 33.7 Å². The Morgan fingerprint density at radius 1 is 1.03 bits per heavy atom. The second-order valence-electron chi connectivity index (χ2n) is 6.80. The Labute approximate surface area is 178 Å². The van der Waals surface area contributed by atoms with Gasteiger partial charge in [-0.05, 0) is 42.7 Å². The minimum Gasteiger partial charge on any atom is -0.381 e. The largest absolute Gasteiger partial charge is 0.381 e. The second-order valence-corrected chi connectivity index (χ2v) is 7.61. The fraction of sp³-hybridized carbons (Fsp3) is 0.250. The van der Waals surface area contributed by atoms with Gasteiger partial charge < -0.3 is 21.1 Å². The number of ether oxygens (including phenoxy) is 1. The standard InChI is InChI=1S/C20H19Cl2N5O2/c21-15-9-14(25-20-26-19(23)27-20)10-16(22)17(15)11-1-3-13(4-2-11)24-18(28)12-5-7-29-8-6-12/h1-4,9-10,12H,5-8H2,(H,24,28)(H3,23,25,26,27). The first-order valence-corrected chi connectivity index (χ1v) is 9.93. The normalized spacial score (nSPS) is 16.5. The first-order valence-electron chi connectivity index (χ1n) is 9.17. The van der Waals surface area contributed by atoms with Gasteiger partial charge in [-0.1, -0.05) is 35.3 Å². The van der Waals surface area contributed by atoms with Crippen LogP contribution in [0.3, 0.4) is 0 Å². The molecule has 9 heteroatoms. The van der Waals surface area contributed by atoms with E-state index in [-0.39, 0.29) is 17.8 Å². The highest BCUT2D eigenvalue weighted by molar-refractivity contribution is 6.39. The molecule has 2 heterocycles. The molecule has 0 aromatic heterocycles. The van der Waals surface area contributed by atoms with Gasteiger partial charge in [0.2, 0.25) is 17.8 Å². The minimum atomic E-state index is -0.00711. The van der Waals surface area contributed by atoms with E-state index in [1.807, 2.05) is 24.3 Å². The Morgan fingerprint density at radius 2 is 1.66 bits per heavy atom. The van der Waals surface area contributed by atoms with Gasteiger partial charge in [-0.15, -0.1) is 0 Å². The zero-order valence-corrected chi connectivity index (χ0v) is 16.9. The van der Waals surface area contributed by atoms with Crippen molar-refractivity contribution < 1.29 is 9.53 Å². The number of nitrogens with zero attached hydrogens (tertiary/aromatic N) is 2. The van der Waals surface area contributed by atoms with Crippen molar-refractivity contribution in [2.24, 2.45) is 21.6 Å². The van der Waals surface area contributed by atoms with Crippen molar-refractivity contribution in [1.29, 1.82) is 0 Å². The van der Waals surface area contributed by atoms with Gasteiger partial charge in [-0.25, -0.2) is 0 Å². The van der Waals surface area contributed by atoms with Crippen molar-refractivity contribution >= 4 is 52.4 Å². The van der Waals surface area contributed by atoms with Crippen LogP contribution >= 0.6 is 23.2 Å². The first kappa shape index (κ1) is 19.7. The number of nitrogens with one attached hydrogen (secondary N) is 2. The number of aliphatic imine (C=N–C) groups is 2. The third-order valence-corrected chi connectivity index (χ3v) is 5.37. The van der Waals surface area contributed by atoms with Gasteiger partial charge in [0.15, 0.2) is 0 Å². The van der Waals surface area contributed by atoms with E-state index in [1.165, 1.54) is 0 Å². The van der Waals surface area contributed by atoms with E-state index in [0.717, 1.165) is 24.1 Å². The van der Waals surface area contributed by atoms with Crippen LogP contribution in [-0.4, -0.2) is 31.0 Å². The highest BCUT2D eigenvalue weighted by Gasteiger charge is 2.21. The SMILES string of the molecule is NC1=NC(Nc2cc(Cl)c(-c3ccc(NC(=O)C4CCOCC4)cc3)c(Cl)c2)=N1. The van der Waals surface area contributed by atoms with E-state index in [0.29, 0.717) is 40.5 Å². The van der Waals surface area contributed by atoms with Gasteiger partial charge in [-0.3, -0.25) is 4.79 Å². The van der Waals surface area contributed by atoms with Gasteiger partial charge in [0.1, 0.15) is 0 Å². The maximum absolute atomic E-state index is 12.4. The van der Waals surface area contributed by atoms with E-state index in [2.05, 4.69) is 20.6 Å². The van der Waals surface area contributed by atoms with Crippen LogP contribution in [0.5, 0.6) is 0 Å². The lowest BCUT2D eigenvalue weighted by atomic mass is 9.99. The van der Waals surface area contributed by atoms with E-state index >= 15 is 0 Å². The Bertz CT molecular complexity index is 975. The Hall–Kier alpha value is -2.61. The van der Waals surface area contributed by atoms with Crippen LogP contribution in [0, 0.1) is 5.92 Å². The van der Waals surface area contributed by atoms with Crippen LogP contribution in [0.15, 0.2) is 46.4 Å². The molecule has 2 aliphatic heterocycles. The van der Waals surface area contributed by atoms with Crippen LogP contribution in [0.1, 0.15) is 12.8 Å². The molecule has 4 rings (SSSR count). The van der Waals surface area contributed by atoms with Gasteiger partial charge in [0, 0.05) is 36.1 Å². The molecule has 0 radical (unpaired) electrons. The molecule has 0 atom stereocenters. The fourth-order valence-electron chi connectivity index (χ4n) is 3.25. The maximum atomic E-state index is 12.4. The third-order valence-electron chi connectivity index (χ3n) is 4.77. The summed E-state index contributed by atoms with van der Waals surface area (Å²) < 4.78 is 5.30. The predicted octanol–water partition coefficient (Wildman–Crippen LogP) is 4.12. The van der Waals surface area contributed by atoms with E-state index < -0.39 is 0 Å². The molecule has 1 saturated heterocycles. The van der Waals surface area contributed by atoms with Gasteiger partial charge in [-0.2, -0.15) is 9.98 Å². The average molecular weight is 432 g/mol. The van der Waals surface area contributed by atoms with Crippen LogP contribution < -0.4 is 16.4 Å². The van der Waals surface area contributed by atoms with E-state index in [9.17, 15) is 4.79 Å². The summed E-state index contributed by atoms with van der Waals surface area (Å²) in [6.07, 6.45) is 1.50. The number of benzene rings is 2. The van der Waals surface area contributed by atoms with Crippen molar-refractivity contribution in [3.8, 4) is 11.1 Å². The predicted molar refractivity (Wildman–Crippen MR) is 117 cm³/mol. The van der Waals surface area contributed by atoms with E-state index in [1.54, 1.807) is 12.1 Å². The number of rotatable bonds is 4. The average Bonchev–Trinajstić information content (AvgIpc) is 2.68. The Balaban J connectivity index is 1.47. The highest BCUT2D eigenvalue weighted by atomic mass is 35.5. The number of anilines is 2. The van der Waals surface area contributed by atoms with Crippen molar-refractivity contribution in [3.05, 3.63) is 46.4 Å². The molecule has 1 fully saturated rings. The molecular formula is C20H19Cl2N5O2. The summed E-state index contributed by atoms with van der Waals surface area (Å²) in [5, 5.41) is 6.91. The molecule has 150 valence electrons. The summed E-state index contributed by atoms with van der Waals surface area (Å²) in [6.45, 7) is 1.26. The van der Waals surface area contributed by atoms with Crippen molar-refractivity contribution in [2.75, 3.05) is 23.8 Å². The quantitative estimate of drug-likeness (QED) is 0.677. The molecule has 0 aliphatic carbocycles. The number of nitrogens with two attached hydrogens (primary N) is 1. The smallest absolute Gasteiger partial charge is 0.233 e. The lowest BCUT2D eigenvalue weighted by Crippen LogP contribution is -2.28. The Kier molecular flexibility index (Phi) is 5.71. The lowest BCUT2D eigenvalue weighted by molar-refractivity contribution is -0.122. The fourth-order valence-corrected chi connectivity index (χ4v) is 3.96. The van der Waals surface area contributed by atoms with Gasteiger partial charge >= 0.3 is 0 Å². The topological polar surface area (TPSA) is 101 Å². The minimum absolute atomic E-state index is 0.00711. The summed E-state index contributed by atoms with van der Waals surface area (Å²) in [4.78, 5) is 20.2. The molecule has 29 heavy (non-hydrogen) atoms. The number of hydrogen-bond acceptors (Lipinski definition) is 6. The van der Waals surface area contributed by atoms with Gasteiger partial charge in [0.05, 0.1) is 10.0 Å². The number of carbonyl (C=O) groups is 1. The number of amides is 1. The third kappa shape index (κ3) is 4.53. The molecular weight excluding hydrogens is 413 g/mol. The molecule has 2 aliphatic rings. The number of carbonyl (C=O) groups excluding carboxylic acids is 1. The van der Waals surface area contributed by atoms with Crippen molar-refractivity contribution in [1.82, 2.24) is 0 Å². The van der Waals surface area contributed by atoms with Crippen LogP contribution in [0.2, 0.25) is 10.0 Å². The van der Waals surface area contributed by atoms with Crippen LogP contribution in [0.4, 0.5) is 11.4 Å². The van der Waals surface area contributed by atoms with Crippen LogP contribution in [0.25, 0.3) is 11.1 Å². The molecule has 2 aromatic rings. The van der Waals surface area contributed by atoms with Crippen molar-refractivity contribution in [3.63, 3.8) is 0 Å². The molecule has 7 nitrogen and oxygen atoms in total. The summed E-state index contributed by atoms with van der Waals surface area (Å²) in [5.41, 5.74) is 8.36. The molecule has 2 aromatic carbocycles. The summed E-state index contributed by atoms with van der Waals surface area (Å²) in [7, 11) is 0. The Morgan fingerprint density at radius 3 is 2.24 bits per heavy atom. The van der Waals surface area contributed by atoms with Crippen molar-refractivity contribution in [2.45, 2.75) is 12.8 Å². The molecule has 4 N–H and O–H groups in total. The zero-order valence-electron chi connectivity index (χ0n) is 15.4. The molecule has 0 spiro atoms. The monoisotopic (exact) mass is 431 g/mol. The lowest BCUT2D eigenvalue weighted by Gasteiger charge is -2.21. The molecule has 0 unspecified atom stereocenters. The summed E-state index contributed by atoms with van der Waals surface area (Å²) in [6, 6.07) is 10.9. The zero-order chi connectivity index (χ0) is 20.4. The summed E-state index contributed by atoms with van der Waals surface area (Å²) in [5.74, 6) is 0.652. The number of hydrogen-bond donors (Lipinski definition) is 3. The first-order chi connectivity index (χ1) is 14.0. The second kappa shape index (κ2) is 8.41. The molecule has 0 bridgehead atoms. The molecule has 1 amide bonds. The maximum Gasteiger partial charge on any atom is 0.233 e. The van der Waals surface area contributed by atoms with Gasteiger partial charge in [0.25, 0.3) is 0 Å². The summed E-state index contributed by atoms with van der Waals surface area (Å²) >= 11 is 12.9. The van der Waals surface area contributed by atoms with Crippen LogP contribution in [-0.2, 0) is 9.53 Å². The highest BCUT2D eigenvalue weighted by Crippen LogP contribution is 2.38. The molecule has 0 saturated carbocycles. The number of halogens is 2.